The average Bonchev–Trinajstić information content (AvgIpc) is 3.16. The number of aryl methyl sites for hydroxylation is 1. The minimum atomic E-state index is -0.213. The summed E-state index contributed by atoms with van der Waals surface area (Å²) in [7, 11) is 0. The van der Waals surface area contributed by atoms with Crippen LogP contribution in [-0.2, 0) is 4.74 Å². The van der Waals surface area contributed by atoms with Crippen molar-refractivity contribution in [1.29, 1.82) is 0 Å². The highest BCUT2D eigenvalue weighted by Crippen LogP contribution is 2.32. The average molecular weight is 370 g/mol. The Labute approximate surface area is 158 Å². The van der Waals surface area contributed by atoms with Crippen LogP contribution in [0, 0.1) is 6.92 Å². The van der Waals surface area contributed by atoms with Crippen LogP contribution in [0.15, 0.2) is 11.0 Å². The summed E-state index contributed by atoms with van der Waals surface area (Å²) < 4.78 is 7.16. The summed E-state index contributed by atoms with van der Waals surface area (Å²) in [5.74, 6) is 0.339. The number of Topliss-reactive ketones (excluding diaryl/α,β-unsaturated/α-hetero) is 1. The molecule has 1 saturated heterocycles. The van der Waals surface area contributed by atoms with Gasteiger partial charge in [0.15, 0.2) is 5.78 Å². The van der Waals surface area contributed by atoms with Crippen LogP contribution < -0.4 is 10.9 Å². The van der Waals surface area contributed by atoms with Crippen LogP contribution in [0.1, 0.15) is 67.4 Å². The van der Waals surface area contributed by atoms with Crippen LogP contribution >= 0.6 is 0 Å². The van der Waals surface area contributed by atoms with E-state index < -0.39 is 0 Å². The Morgan fingerprint density at radius 3 is 2.59 bits per heavy atom. The van der Waals surface area contributed by atoms with Gasteiger partial charge in [0.05, 0.1) is 5.56 Å². The zero-order valence-electron chi connectivity index (χ0n) is 16.0. The number of ketones is 1. The lowest BCUT2D eigenvalue weighted by Crippen LogP contribution is -2.31. The number of hydrogen-bond donors (Lipinski definition) is 1. The SMILES string of the molecule is CC(=O)c1c(C)c2cnc(NC3CCOCC3)nc2n(C2CCCC2)c1=O. The number of anilines is 1. The van der Waals surface area contributed by atoms with Crippen LogP contribution in [0.3, 0.4) is 0 Å². The van der Waals surface area contributed by atoms with Gasteiger partial charge in [0.2, 0.25) is 5.95 Å². The van der Waals surface area contributed by atoms with E-state index in [2.05, 4.69) is 10.3 Å². The second-order valence-electron chi connectivity index (χ2n) is 7.63. The fourth-order valence-electron chi connectivity index (χ4n) is 4.34. The van der Waals surface area contributed by atoms with Crippen LogP contribution in [-0.4, -0.2) is 39.6 Å². The second kappa shape index (κ2) is 7.38. The Morgan fingerprint density at radius 2 is 1.93 bits per heavy atom. The number of pyridine rings is 1. The third-order valence-corrected chi connectivity index (χ3v) is 5.80. The fourth-order valence-corrected chi connectivity index (χ4v) is 4.34. The maximum Gasteiger partial charge on any atom is 0.263 e. The summed E-state index contributed by atoms with van der Waals surface area (Å²) in [5.41, 5.74) is 1.37. The molecule has 1 N–H and O–H groups in total. The van der Waals surface area contributed by atoms with Gasteiger partial charge in [-0.1, -0.05) is 12.8 Å². The van der Waals surface area contributed by atoms with Crippen molar-refractivity contribution in [2.24, 2.45) is 0 Å². The lowest BCUT2D eigenvalue weighted by atomic mass is 10.0. The molecule has 27 heavy (non-hydrogen) atoms. The summed E-state index contributed by atoms with van der Waals surface area (Å²) in [6.45, 7) is 4.74. The topological polar surface area (TPSA) is 86.1 Å². The Bertz CT molecular complexity index is 925. The normalized spacial score (nSPS) is 18.9. The number of aromatic nitrogens is 3. The van der Waals surface area contributed by atoms with Crippen molar-refractivity contribution in [2.75, 3.05) is 18.5 Å². The van der Waals surface area contributed by atoms with E-state index >= 15 is 0 Å². The summed E-state index contributed by atoms with van der Waals surface area (Å²) in [6.07, 6.45) is 7.67. The van der Waals surface area contributed by atoms with Crippen LogP contribution in [0.4, 0.5) is 5.95 Å². The van der Waals surface area contributed by atoms with Crippen molar-refractivity contribution in [3.05, 3.63) is 27.7 Å². The lowest BCUT2D eigenvalue weighted by molar-refractivity contribution is 0.0903. The Hall–Kier alpha value is -2.28. The maximum atomic E-state index is 13.2. The largest absolute Gasteiger partial charge is 0.381 e. The van der Waals surface area contributed by atoms with Gasteiger partial charge in [0, 0.05) is 36.9 Å². The van der Waals surface area contributed by atoms with E-state index in [-0.39, 0.29) is 29.0 Å². The molecule has 0 radical (unpaired) electrons. The Kier molecular flexibility index (Phi) is 4.95. The highest BCUT2D eigenvalue weighted by Gasteiger charge is 2.26. The Morgan fingerprint density at radius 1 is 1.22 bits per heavy atom. The van der Waals surface area contributed by atoms with Gasteiger partial charge in [-0.3, -0.25) is 14.2 Å². The minimum absolute atomic E-state index is 0.101. The van der Waals surface area contributed by atoms with Gasteiger partial charge in [0.25, 0.3) is 5.56 Å². The predicted octanol–water partition coefficient (Wildman–Crippen LogP) is 3.01. The fraction of sp³-hybridized carbons (Fsp3) is 0.600. The molecule has 0 aromatic carbocycles. The van der Waals surface area contributed by atoms with Crippen molar-refractivity contribution in [3.8, 4) is 0 Å². The first-order chi connectivity index (χ1) is 13.1. The van der Waals surface area contributed by atoms with Crippen molar-refractivity contribution >= 4 is 22.8 Å². The van der Waals surface area contributed by atoms with Gasteiger partial charge < -0.3 is 10.1 Å². The molecule has 2 aliphatic rings. The van der Waals surface area contributed by atoms with Gasteiger partial charge >= 0.3 is 0 Å². The number of rotatable bonds is 4. The van der Waals surface area contributed by atoms with E-state index in [0.29, 0.717) is 17.2 Å². The van der Waals surface area contributed by atoms with Crippen molar-refractivity contribution in [2.45, 2.75) is 64.5 Å². The standard InChI is InChI=1S/C20H26N4O3/c1-12-16-11-21-20(22-14-7-9-27-10-8-14)23-18(16)24(15-5-3-4-6-15)19(26)17(12)13(2)25/h11,14-15H,3-10H2,1-2H3,(H,21,22,23). The predicted molar refractivity (Wildman–Crippen MR) is 104 cm³/mol. The Balaban J connectivity index is 1.85. The molecule has 0 spiro atoms. The number of carbonyl (C=O) groups excluding carboxylic acids is 1. The molecule has 1 aliphatic carbocycles. The van der Waals surface area contributed by atoms with Gasteiger partial charge in [-0.05, 0) is 45.1 Å². The smallest absolute Gasteiger partial charge is 0.263 e. The quantitative estimate of drug-likeness (QED) is 0.833. The minimum Gasteiger partial charge on any atom is -0.381 e. The van der Waals surface area contributed by atoms with Gasteiger partial charge in [-0.15, -0.1) is 0 Å². The molecule has 1 aliphatic heterocycles. The number of hydrogen-bond acceptors (Lipinski definition) is 6. The van der Waals surface area contributed by atoms with Crippen molar-refractivity contribution in [1.82, 2.24) is 14.5 Å². The molecule has 0 bridgehead atoms. The highest BCUT2D eigenvalue weighted by molar-refractivity contribution is 5.99. The number of carbonyl (C=O) groups is 1. The van der Waals surface area contributed by atoms with Crippen molar-refractivity contribution < 1.29 is 9.53 Å². The molecule has 7 heteroatoms. The first-order valence-corrected chi connectivity index (χ1v) is 9.83. The van der Waals surface area contributed by atoms with E-state index in [1.807, 2.05) is 6.92 Å². The molecule has 4 rings (SSSR count). The van der Waals surface area contributed by atoms with E-state index in [0.717, 1.165) is 57.1 Å². The van der Waals surface area contributed by atoms with E-state index in [1.54, 1.807) is 10.8 Å². The first kappa shape index (κ1) is 18.1. The van der Waals surface area contributed by atoms with Gasteiger partial charge in [-0.2, -0.15) is 4.98 Å². The summed E-state index contributed by atoms with van der Waals surface area (Å²) in [6, 6.07) is 0.380. The van der Waals surface area contributed by atoms with Crippen LogP contribution in [0.5, 0.6) is 0 Å². The summed E-state index contributed by atoms with van der Waals surface area (Å²) >= 11 is 0. The molecule has 0 unspecified atom stereocenters. The monoisotopic (exact) mass is 370 g/mol. The van der Waals surface area contributed by atoms with Crippen molar-refractivity contribution in [3.63, 3.8) is 0 Å². The molecule has 144 valence electrons. The van der Waals surface area contributed by atoms with Crippen LogP contribution in [0.2, 0.25) is 0 Å². The number of ether oxygens (including phenoxy) is 1. The van der Waals surface area contributed by atoms with E-state index in [4.69, 9.17) is 9.72 Å². The molecule has 1 saturated carbocycles. The number of fused-ring (bicyclic) bond motifs is 1. The highest BCUT2D eigenvalue weighted by atomic mass is 16.5. The van der Waals surface area contributed by atoms with E-state index in [9.17, 15) is 9.59 Å². The summed E-state index contributed by atoms with van der Waals surface area (Å²) in [5, 5.41) is 4.16. The third-order valence-electron chi connectivity index (χ3n) is 5.80. The second-order valence-corrected chi connectivity index (χ2v) is 7.63. The molecule has 0 atom stereocenters. The van der Waals surface area contributed by atoms with E-state index in [1.165, 1.54) is 6.92 Å². The lowest BCUT2D eigenvalue weighted by Gasteiger charge is -2.24. The molecule has 2 aromatic heterocycles. The molecule has 2 fully saturated rings. The summed E-state index contributed by atoms with van der Waals surface area (Å²) in [4.78, 5) is 34.5. The molecule has 0 amide bonds. The zero-order valence-corrected chi connectivity index (χ0v) is 16.0. The van der Waals surface area contributed by atoms with Crippen LogP contribution in [0.25, 0.3) is 11.0 Å². The number of nitrogens with one attached hydrogen (secondary N) is 1. The maximum absolute atomic E-state index is 13.2. The zero-order chi connectivity index (χ0) is 19.0. The molecule has 7 nitrogen and oxygen atoms in total. The molecule has 3 heterocycles. The number of nitrogens with zero attached hydrogens (tertiary/aromatic N) is 3. The first-order valence-electron chi connectivity index (χ1n) is 9.83. The molecular weight excluding hydrogens is 344 g/mol. The van der Waals surface area contributed by atoms with Gasteiger partial charge in [-0.25, -0.2) is 4.98 Å². The molecule has 2 aromatic rings. The molecular formula is C20H26N4O3. The van der Waals surface area contributed by atoms with Gasteiger partial charge in [0.1, 0.15) is 5.65 Å². The third kappa shape index (κ3) is 3.36.